The highest BCUT2D eigenvalue weighted by atomic mass is 16.5. The average Bonchev–Trinajstić information content (AvgIpc) is 2.44. The minimum Gasteiger partial charge on any atom is -0.452 e. The summed E-state index contributed by atoms with van der Waals surface area (Å²) in [7, 11) is 0. The Balaban J connectivity index is 2.58. The Kier molecular flexibility index (Phi) is 5.48. The quantitative estimate of drug-likeness (QED) is 0.842. The van der Waals surface area contributed by atoms with Gasteiger partial charge in [-0.05, 0) is 31.9 Å². The second kappa shape index (κ2) is 6.89. The molecule has 0 spiro atoms. The Morgan fingerprint density at radius 1 is 1.43 bits per heavy atom. The van der Waals surface area contributed by atoms with Crippen molar-refractivity contribution >= 4 is 11.9 Å². The van der Waals surface area contributed by atoms with Gasteiger partial charge in [0.2, 0.25) is 0 Å². The van der Waals surface area contributed by atoms with Crippen LogP contribution in [0, 0.1) is 24.2 Å². The van der Waals surface area contributed by atoms with Crippen LogP contribution < -0.4 is 5.32 Å². The van der Waals surface area contributed by atoms with Crippen molar-refractivity contribution < 1.29 is 14.3 Å². The molecule has 0 saturated carbocycles. The molecule has 0 aliphatic heterocycles. The zero-order valence-corrected chi connectivity index (χ0v) is 12.8. The Morgan fingerprint density at radius 3 is 2.62 bits per heavy atom. The molecule has 1 N–H and O–H groups in total. The first kappa shape index (κ1) is 16.7. The number of benzene rings is 1. The van der Waals surface area contributed by atoms with Crippen molar-refractivity contribution in [1.82, 2.24) is 5.32 Å². The summed E-state index contributed by atoms with van der Waals surface area (Å²) in [6.07, 6.45) is 0. The number of hydrogen-bond donors (Lipinski definition) is 1. The van der Waals surface area contributed by atoms with Gasteiger partial charge in [0, 0.05) is 0 Å². The molecule has 0 aliphatic rings. The molecule has 0 saturated heterocycles. The highest BCUT2D eigenvalue weighted by molar-refractivity contribution is 5.91. The van der Waals surface area contributed by atoms with E-state index in [2.05, 4.69) is 11.4 Å². The standard InChI is InChI=1S/C16H20N2O3/c1-11(2)16(4,10-17)18-14(19)9-21-15(20)13-7-5-6-12(3)8-13/h5-8,11H,9H2,1-4H3,(H,18,19)/t16-/m0/s1. The third kappa shape index (κ3) is 4.60. The van der Waals surface area contributed by atoms with Gasteiger partial charge < -0.3 is 10.1 Å². The molecule has 1 rings (SSSR count). The fourth-order valence-corrected chi connectivity index (χ4v) is 1.61. The van der Waals surface area contributed by atoms with Gasteiger partial charge in [0.25, 0.3) is 5.91 Å². The second-order valence-electron chi connectivity index (χ2n) is 5.46. The Labute approximate surface area is 124 Å². The van der Waals surface area contributed by atoms with Crippen molar-refractivity contribution in [2.24, 2.45) is 5.92 Å². The van der Waals surface area contributed by atoms with Crippen molar-refractivity contribution in [3.63, 3.8) is 0 Å². The third-order valence-corrected chi connectivity index (χ3v) is 3.37. The molecule has 0 aliphatic carbocycles. The summed E-state index contributed by atoms with van der Waals surface area (Å²) < 4.78 is 4.95. The summed E-state index contributed by atoms with van der Waals surface area (Å²) in [6.45, 7) is 6.77. The Morgan fingerprint density at radius 2 is 2.10 bits per heavy atom. The van der Waals surface area contributed by atoms with Crippen molar-refractivity contribution in [3.05, 3.63) is 35.4 Å². The maximum Gasteiger partial charge on any atom is 0.338 e. The number of ether oxygens (including phenoxy) is 1. The first-order valence-corrected chi connectivity index (χ1v) is 6.74. The summed E-state index contributed by atoms with van der Waals surface area (Å²) in [4.78, 5) is 23.6. The van der Waals surface area contributed by atoms with Crippen LogP contribution in [0.3, 0.4) is 0 Å². The molecule has 5 nitrogen and oxygen atoms in total. The number of amides is 1. The SMILES string of the molecule is Cc1cccc(C(=O)OCC(=O)N[C@@](C)(C#N)C(C)C)c1. The monoisotopic (exact) mass is 288 g/mol. The van der Waals surface area contributed by atoms with E-state index < -0.39 is 24.0 Å². The van der Waals surface area contributed by atoms with Crippen LogP contribution in [0.4, 0.5) is 0 Å². The highest BCUT2D eigenvalue weighted by Gasteiger charge is 2.30. The number of rotatable bonds is 5. The van der Waals surface area contributed by atoms with Gasteiger partial charge >= 0.3 is 5.97 Å². The number of aryl methyl sites for hydroxylation is 1. The van der Waals surface area contributed by atoms with Crippen molar-refractivity contribution in [2.75, 3.05) is 6.61 Å². The van der Waals surface area contributed by atoms with Crippen LogP contribution in [0.1, 0.15) is 36.7 Å². The molecule has 0 aromatic heterocycles. The van der Waals surface area contributed by atoms with Crippen LogP contribution >= 0.6 is 0 Å². The number of nitrogens with zero attached hydrogens (tertiary/aromatic N) is 1. The smallest absolute Gasteiger partial charge is 0.338 e. The van der Waals surface area contributed by atoms with Gasteiger partial charge in [-0.25, -0.2) is 4.79 Å². The second-order valence-corrected chi connectivity index (χ2v) is 5.46. The molecule has 5 heteroatoms. The van der Waals surface area contributed by atoms with Crippen LogP contribution in [0.5, 0.6) is 0 Å². The zero-order valence-electron chi connectivity index (χ0n) is 12.8. The van der Waals surface area contributed by atoms with E-state index in [9.17, 15) is 9.59 Å². The van der Waals surface area contributed by atoms with Crippen molar-refractivity contribution in [2.45, 2.75) is 33.2 Å². The van der Waals surface area contributed by atoms with Gasteiger partial charge in [-0.3, -0.25) is 4.79 Å². The highest BCUT2D eigenvalue weighted by Crippen LogP contribution is 2.14. The van der Waals surface area contributed by atoms with Crippen molar-refractivity contribution in [1.29, 1.82) is 5.26 Å². The predicted octanol–water partition coefficient (Wildman–Crippen LogP) is 2.21. The lowest BCUT2D eigenvalue weighted by Crippen LogP contribution is -2.50. The van der Waals surface area contributed by atoms with Gasteiger partial charge in [-0.2, -0.15) is 5.26 Å². The van der Waals surface area contributed by atoms with Gasteiger partial charge in [0.15, 0.2) is 6.61 Å². The molecule has 0 unspecified atom stereocenters. The summed E-state index contributed by atoms with van der Waals surface area (Å²) in [5, 5.41) is 11.7. The molecule has 1 atom stereocenters. The predicted molar refractivity (Wildman–Crippen MR) is 78.5 cm³/mol. The van der Waals surface area contributed by atoms with E-state index in [4.69, 9.17) is 10.00 Å². The van der Waals surface area contributed by atoms with Gasteiger partial charge in [-0.15, -0.1) is 0 Å². The van der Waals surface area contributed by atoms with Crippen LogP contribution in [0.2, 0.25) is 0 Å². The third-order valence-electron chi connectivity index (χ3n) is 3.37. The molecule has 0 bridgehead atoms. The fourth-order valence-electron chi connectivity index (χ4n) is 1.61. The number of carbonyl (C=O) groups excluding carboxylic acids is 2. The number of nitrogens with one attached hydrogen (secondary N) is 1. The van der Waals surface area contributed by atoms with Crippen LogP contribution in [0.15, 0.2) is 24.3 Å². The number of hydrogen-bond acceptors (Lipinski definition) is 4. The van der Waals surface area contributed by atoms with Crippen LogP contribution in [0.25, 0.3) is 0 Å². The maximum absolute atomic E-state index is 11.8. The van der Waals surface area contributed by atoms with Crippen LogP contribution in [-0.4, -0.2) is 24.0 Å². The summed E-state index contributed by atoms with van der Waals surface area (Å²) >= 11 is 0. The lowest BCUT2D eigenvalue weighted by Gasteiger charge is -2.27. The van der Waals surface area contributed by atoms with Gasteiger partial charge in [0.05, 0.1) is 11.6 Å². The first-order valence-electron chi connectivity index (χ1n) is 6.74. The lowest BCUT2D eigenvalue weighted by molar-refractivity contribution is -0.125. The van der Waals surface area contributed by atoms with E-state index in [1.165, 1.54) is 0 Å². The summed E-state index contributed by atoms with van der Waals surface area (Å²) in [5.41, 5.74) is 0.354. The Bertz CT molecular complexity index is 575. The molecule has 1 aromatic carbocycles. The van der Waals surface area contributed by atoms with E-state index in [1.54, 1.807) is 25.1 Å². The van der Waals surface area contributed by atoms with E-state index in [0.29, 0.717) is 5.56 Å². The minimum absolute atomic E-state index is 0.0566. The van der Waals surface area contributed by atoms with E-state index in [1.807, 2.05) is 26.8 Å². The largest absolute Gasteiger partial charge is 0.452 e. The molecule has 1 amide bonds. The summed E-state index contributed by atoms with van der Waals surface area (Å²) in [5.74, 6) is -1.11. The molecule has 0 fully saturated rings. The van der Waals surface area contributed by atoms with E-state index in [-0.39, 0.29) is 5.92 Å². The van der Waals surface area contributed by atoms with Gasteiger partial charge in [0.1, 0.15) is 5.54 Å². The Hall–Kier alpha value is -2.35. The first-order chi connectivity index (χ1) is 9.78. The maximum atomic E-state index is 11.8. The van der Waals surface area contributed by atoms with Crippen LogP contribution in [-0.2, 0) is 9.53 Å². The number of carbonyl (C=O) groups is 2. The molecule has 21 heavy (non-hydrogen) atoms. The number of nitriles is 1. The molecule has 0 heterocycles. The normalized spacial score (nSPS) is 13.1. The van der Waals surface area contributed by atoms with Crippen molar-refractivity contribution in [3.8, 4) is 6.07 Å². The van der Waals surface area contributed by atoms with Gasteiger partial charge in [-0.1, -0.05) is 31.5 Å². The topological polar surface area (TPSA) is 79.2 Å². The molecular weight excluding hydrogens is 268 g/mol. The zero-order chi connectivity index (χ0) is 16.0. The molecular formula is C16H20N2O3. The molecule has 1 aromatic rings. The van der Waals surface area contributed by atoms with E-state index >= 15 is 0 Å². The minimum atomic E-state index is -0.979. The fraction of sp³-hybridized carbons (Fsp3) is 0.438. The molecule has 112 valence electrons. The average molecular weight is 288 g/mol. The summed E-state index contributed by atoms with van der Waals surface area (Å²) in [6, 6.07) is 8.99. The lowest BCUT2D eigenvalue weighted by atomic mass is 9.90. The number of esters is 1. The molecule has 0 radical (unpaired) electrons. The van der Waals surface area contributed by atoms with E-state index in [0.717, 1.165) is 5.56 Å².